The van der Waals surface area contributed by atoms with Gasteiger partial charge < -0.3 is 10.2 Å². The Balaban J connectivity index is 1.50. The minimum absolute atomic E-state index is 0.0888. The summed E-state index contributed by atoms with van der Waals surface area (Å²) in [5.41, 5.74) is 1.33. The molecular formula is C30H31F3N6O2S. The van der Waals surface area contributed by atoms with Gasteiger partial charge in [0.2, 0.25) is 10.0 Å². The summed E-state index contributed by atoms with van der Waals surface area (Å²) in [6.07, 6.45) is 5.71. The smallest absolute Gasteiger partial charge is 0.219 e. The lowest BCUT2D eigenvalue weighted by molar-refractivity contribution is 0.484. The molecule has 3 N–H and O–H groups in total. The van der Waals surface area contributed by atoms with Crippen molar-refractivity contribution in [2.45, 2.75) is 43.4 Å². The van der Waals surface area contributed by atoms with E-state index < -0.39 is 32.2 Å². The Hall–Kier alpha value is -3.74. The van der Waals surface area contributed by atoms with E-state index in [1.165, 1.54) is 29.3 Å². The van der Waals surface area contributed by atoms with Crippen LogP contribution in [0.5, 0.6) is 0 Å². The maximum absolute atomic E-state index is 16.4. The minimum Gasteiger partial charge on any atom is -0.369 e. The van der Waals surface area contributed by atoms with Crippen LogP contribution in [0.2, 0.25) is 0 Å². The summed E-state index contributed by atoms with van der Waals surface area (Å²) in [6.45, 7) is 4.33. The van der Waals surface area contributed by atoms with Gasteiger partial charge in [0.25, 0.3) is 0 Å². The van der Waals surface area contributed by atoms with Crippen LogP contribution < -0.4 is 15.4 Å². The number of nitrogens with two attached hydrogens (primary N) is 1. The van der Waals surface area contributed by atoms with Gasteiger partial charge in [-0.3, -0.25) is 4.98 Å². The van der Waals surface area contributed by atoms with Crippen LogP contribution in [0.3, 0.4) is 0 Å². The normalized spacial score (nSPS) is 18.9. The number of anilines is 1. The molecule has 1 aliphatic heterocycles. The molecule has 1 saturated heterocycles. The number of primary sulfonamides is 1. The molecule has 6 rings (SSSR count). The number of pyridine rings is 1. The fourth-order valence-corrected chi connectivity index (χ4v) is 7.55. The van der Waals surface area contributed by atoms with Gasteiger partial charge in [-0.2, -0.15) is 5.10 Å². The molecule has 3 heterocycles. The second kappa shape index (κ2) is 10.8. The first kappa shape index (κ1) is 28.4. The summed E-state index contributed by atoms with van der Waals surface area (Å²) >= 11 is 0. The molecule has 0 radical (unpaired) electrons. The fraction of sp³-hybridized carbons (Fsp3) is 0.333. The van der Waals surface area contributed by atoms with Crippen LogP contribution in [0.25, 0.3) is 28.1 Å². The van der Waals surface area contributed by atoms with Crippen LogP contribution in [0.15, 0.2) is 61.1 Å². The number of piperazine rings is 1. The summed E-state index contributed by atoms with van der Waals surface area (Å²) in [4.78, 5) is 6.12. The number of nitrogens with zero attached hydrogens (tertiary/aromatic N) is 4. The Bertz CT molecular complexity index is 1740. The predicted octanol–water partition coefficient (Wildman–Crippen LogP) is 4.87. The van der Waals surface area contributed by atoms with Crippen molar-refractivity contribution in [3.05, 3.63) is 84.1 Å². The number of hydrogen-bond acceptors (Lipinski definition) is 6. The van der Waals surface area contributed by atoms with E-state index in [0.717, 1.165) is 37.5 Å². The van der Waals surface area contributed by atoms with E-state index in [-0.39, 0.29) is 47.0 Å². The van der Waals surface area contributed by atoms with Gasteiger partial charge in [-0.05, 0) is 62.2 Å². The van der Waals surface area contributed by atoms with Crippen molar-refractivity contribution >= 4 is 15.7 Å². The van der Waals surface area contributed by atoms with Crippen molar-refractivity contribution in [2.24, 2.45) is 5.14 Å². The Morgan fingerprint density at radius 3 is 2.43 bits per heavy atom. The van der Waals surface area contributed by atoms with Crippen LogP contribution in [-0.4, -0.2) is 48.9 Å². The molecular weight excluding hydrogens is 565 g/mol. The Morgan fingerprint density at radius 1 is 1.02 bits per heavy atom. The average Bonchev–Trinajstić information content (AvgIpc) is 3.63. The zero-order valence-corrected chi connectivity index (χ0v) is 23.8. The lowest BCUT2D eigenvalue weighted by Gasteiger charge is -2.33. The molecule has 1 saturated carbocycles. The Morgan fingerprint density at radius 2 is 1.76 bits per heavy atom. The van der Waals surface area contributed by atoms with E-state index in [9.17, 15) is 8.42 Å². The van der Waals surface area contributed by atoms with Crippen LogP contribution in [0.1, 0.15) is 38.2 Å². The molecule has 12 heteroatoms. The quantitative estimate of drug-likeness (QED) is 0.329. The van der Waals surface area contributed by atoms with E-state index in [4.69, 9.17) is 5.14 Å². The number of nitrogens with one attached hydrogen (secondary N) is 1. The van der Waals surface area contributed by atoms with E-state index in [1.807, 2.05) is 0 Å². The third-order valence-electron chi connectivity index (χ3n) is 8.35. The highest BCUT2D eigenvalue weighted by molar-refractivity contribution is 7.90. The number of sulfonamides is 1. The first-order chi connectivity index (χ1) is 20.1. The van der Waals surface area contributed by atoms with Crippen LogP contribution >= 0.6 is 0 Å². The molecule has 0 unspecified atom stereocenters. The molecule has 1 aliphatic carbocycles. The monoisotopic (exact) mass is 596 g/mol. The van der Waals surface area contributed by atoms with Crippen molar-refractivity contribution in [3.63, 3.8) is 0 Å². The molecule has 4 aromatic rings. The van der Waals surface area contributed by atoms with Crippen LogP contribution in [0.4, 0.5) is 18.9 Å². The lowest BCUT2D eigenvalue weighted by atomic mass is 9.91. The molecule has 2 aliphatic rings. The maximum Gasteiger partial charge on any atom is 0.219 e. The van der Waals surface area contributed by atoms with Crippen molar-refractivity contribution in [3.8, 4) is 28.1 Å². The summed E-state index contributed by atoms with van der Waals surface area (Å²) in [5.74, 6) is -2.25. The van der Waals surface area contributed by atoms with Gasteiger partial charge in [-0.25, -0.2) is 31.4 Å². The number of aromatic nitrogens is 3. The van der Waals surface area contributed by atoms with Crippen molar-refractivity contribution < 1.29 is 21.6 Å². The Kier molecular flexibility index (Phi) is 7.32. The van der Waals surface area contributed by atoms with E-state index in [0.29, 0.717) is 18.4 Å². The van der Waals surface area contributed by atoms with Gasteiger partial charge in [-0.1, -0.05) is 12.8 Å². The van der Waals surface area contributed by atoms with E-state index in [2.05, 4.69) is 27.2 Å². The van der Waals surface area contributed by atoms with Gasteiger partial charge in [0.15, 0.2) is 5.82 Å². The average molecular weight is 597 g/mol. The fourth-order valence-electron chi connectivity index (χ4n) is 6.23. The molecule has 0 bridgehead atoms. The van der Waals surface area contributed by atoms with E-state index in [1.54, 1.807) is 24.3 Å². The van der Waals surface area contributed by atoms with Crippen molar-refractivity contribution in [1.29, 1.82) is 0 Å². The molecule has 2 aromatic carbocycles. The first-order valence-corrected chi connectivity index (χ1v) is 15.4. The highest BCUT2D eigenvalue weighted by Crippen LogP contribution is 2.47. The second-order valence-corrected chi connectivity index (χ2v) is 12.9. The molecule has 42 heavy (non-hydrogen) atoms. The lowest BCUT2D eigenvalue weighted by Crippen LogP contribution is -2.49. The van der Waals surface area contributed by atoms with Gasteiger partial charge in [0, 0.05) is 72.2 Å². The largest absolute Gasteiger partial charge is 0.369 e. The van der Waals surface area contributed by atoms with Gasteiger partial charge in [-0.15, -0.1) is 0 Å². The summed E-state index contributed by atoms with van der Waals surface area (Å²) < 4.78 is 72.3. The molecule has 0 amide bonds. The minimum atomic E-state index is -4.27. The molecule has 8 nitrogen and oxygen atoms in total. The zero-order chi connectivity index (χ0) is 29.6. The van der Waals surface area contributed by atoms with E-state index >= 15 is 13.2 Å². The third-order valence-corrected chi connectivity index (χ3v) is 10.1. The van der Waals surface area contributed by atoms with Crippen LogP contribution in [0, 0.1) is 17.5 Å². The second-order valence-electron chi connectivity index (χ2n) is 11.1. The maximum atomic E-state index is 16.4. The van der Waals surface area contributed by atoms with Gasteiger partial charge in [0.1, 0.15) is 27.8 Å². The van der Waals surface area contributed by atoms with Crippen LogP contribution in [-0.2, 0) is 14.8 Å². The van der Waals surface area contributed by atoms with Gasteiger partial charge >= 0.3 is 0 Å². The Labute approximate surface area is 242 Å². The standard InChI is InChI=1S/C30H31F3N6O2S/c1-19-17-38(13-12-36-19)22-4-5-27(26(32)16-22)39-18-24(29(37-39)20-6-10-35-11-7-20)23-14-21(31)15-25(28(23)33)30(42(34,40)41)8-2-3-9-30/h4-7,10-11,14-16,18-19,36H,2-3,8-9,12-13,17H2,1H3,(H2,34,40,41)/t19-/m1/s1. The zero-order valence-electron chi connectivity index (χ0n) is 23.0. The first-order valence-electron chi connectivity index (χ1n) is 13.9. The summed E-state index contributed by atoms with van der Waals surface area (Å²) in [6, 6.07) is 10.3. The number of benzene rings is 2. The molecule has 220 valence electrons. The highest BCUT2D eigenvalue weighted by Gasteiger charge is 2.48. The molecule has 0 spiro atoms. The SMILES string of the molecule is C[C@@H]1CN(c2ccc(-n3cc(-c4cc(F)cc(C5(S(N)(=O)=O)CCCC5)c4F)c(-c4ccncc4)n3)c(F)c2)CCN1. The number of rotatable bonds is 6. The number of hydrogen-bond donors (Lipinski definition) is 2. The van der Waals surface area contributed by atoms with Crippen molar-refractivity contribution in [2.75, 3.05) is 24.5 Å². The third kappa shape index (κ3) is 4.97. The summed E-state index contributed by atoms with van der Waals surface area (Å²) in [5, 5.41) is 13.6. The van der Waals surface area contributed by atoms with Gasteiger partial charge in [0.05, 0.1) is 0 Å². The van der Waals surface area contributed by atoms with Crippen molar-refractivity contribution in [1.82, 2.24) is 20.1 Å². The predicted molar refractivity (Wildman–Crippen MR) is 155 cm³/mol. The topological polar surface area (TPSA) is 106 Å². The molecule has 2 fully saturated rings. The number of halogens is 3. The highest BCUT2D eigenvalue weighted by atomic mass is 32.2. The summed E-state index contributed by atoms with van der Waals surface area (Å²) in [7, 11) is -4.27. The molecule has 1 atom stereocenters. The molecule has 2 aromatic heterocycles.